The van der Waals surface area contributed by atoms with Crippen LogP contribution in [0.1, 0.15) is 25.7 Å². The number of carbonyl (C=O) groups is 2. The maximum absolute atomic E-state index is 12.4. The van der Waals surface area contributed by atoms with Crippen LogP contribution >= 0.6 is 0 Å². The molecule has 2 aromatic rings. The quantitative estimate of drug-likeness (QED) is 0.910. The molecule has 2 amide bonds. The molecule has 0 saturated carbocycles. The molecule has 1 unspecified atom stereocenters. The molecule has 130 valence electrons. The van der Waals surface area contributed by atoms with Crippen molar-refractivity contribution in [3.63, 3.8) is 0 Å². The molecular weight excluding hydrogens is 320 g/mol. The number of nitrogens with one attached hydrogen (secondary N) is 1. The molecule has 2 aliphatic rings. The van der Waals surface area contributed by atoms with Gasteiger partial charge in [0, 0.05) is 32.4 Å². The average molecular weight is 340 g/mol. The minimum atomic E-state index is -0.351. The Labute approximate surface area is 145 Å². The molecule has 7 nitrogen and oxygen atoms in total. The van der Waals surface area contributed by atoms with Gasteiger partial charge in [0.05, 0.1) is 17.2 Å². The molecule has 0 bridgehead atoms. The van der Waals surface area contributed by atoms with E-state index in [4.69, 9.17) is 4.74 Å². The van der Waals surface area contributed by atoms with Gasteiger partial charge in [-0.2, -0.15) is 0 Å². The molecule has 7 heteroatoms. The smallest absolute Gasteiger partial charge is 0.245 e. The van der Waals surface area contributed by atoms with Gasteiger partial charge >= 0.3 is 0 Å². The van der Waals surface area contributed by atoms with E-state index in [9.17, 15) is 9.59 Å². The summed E-state index contributed by atoms with van der Waals surface area (Å²) in [5, 5.41) is 2.74. The van der Waals surface area contributed by atoms with Crippen LogP contribution in [-0.4, -0.2) is 51.9 Å². The molecule has 1 aromatic heterocycles. The summed E-state index contributed by atoms with van der Waals surface area (Å²) in [4.78, 5) is 34.3. The monoisotopic (exact) mass is 340 g/mol. The normalized spacial score (nSPS) is 21.4. The maximum Gasteiger partial charge on any atom is 0.245 e. The number of rotatable bonds is 3. The fraction of sp³-hybridized carbons (Fsp3) is 0.444. The lowest BCUT2D eigenvalue weighted by Crippen LogP contribution is -2.49. The van der Waals surface area contributed by atoms with E-state index >= 15 is 0 Å². The van der Waals surface area contributed by atoms with Crippen molar-refractivity contribution in [2.75, 3.05) is 13.1 Å². The topological polar surface area (TPSA) is 84.4 Å². The van der Waals surface area contributed by atoms with E-state index in [0.717, 1.165) is 23.9 Å². The van der Waals surface area contributed by atoms with Gasteiger partial charge in [0.25, 0.3) is 0 Å². The van der Waals surface area contributed by atoms with Gasteiger partial charge in [-0.1, -0.05) is 12.1 Å². The SMILES string of the molecule is O=C1CCC(C(=O)N2CCC(Oc3cnc4ccccc4n3)CC2)N1. The number of carbonyl (C=O) groups excluding carboxylic acids is 2. The molecule has 0 radical (unpaired) electrons. The summed E-state index contributed by atoms with van der Waals surface area (Å²) in [6, 6.07) is 7.32. The van der Waals surface area contributed by atoms with Crippen molar-refractivity contribution in [2.24, 2.45) is 0 Å². The summed E-state index contributed by atoms with van der Waals surface area (Å²) in [5.74, 6) is 0.507. The highest BCUT2D eigenvalue weighted by Gasteiger charge is 2.33. The van der Waals surface area contributed by atoms with Crippen LogP contribution in [0.25, 0.3) is 11.0 Å². The Hall–Kier alpha value is -2.70. The third kappa shape index (κ3) is 3.40. The van der Waals surface area contributed by atoms with Crippen LogP contribution in [0.3, 0.4) is 0 Å². The van der Waals surface area contributed by atoms with Crippen LogP contribution in [0.2, 0.25) is 0 Å². The Morgan fingerprint density at radius 3 is 2.64 bits per heavy atom. The van der Waals surface area contributed by atoms with Gasteiger partial charge < -0.3 is 15.0 Å². The molecular formula is C18H20N4O3. The van der Waals surface area contributed by atoms with Crippen molar-refractivity contribution >= 4 is 22.8 Å². The summed E-state index contributed by atoms with van der Waals surface area (Å²) in [7, 11) is 0. The van der Waals surface area contributed by atoms with Crippen LogP contribution in [0.5, 0.6) is 5.88 Å². The first-order chi connectivity index (χ1) is 12.2. The molecule has 2 fully saturated rings. The van der Waals surface area contributed by atoms with Crippen LogP contribution in [0, 0.1) is 0 Å². The highest BCUT2D eigenvalue weighted by atomic mass is 16.5. The Bertz CT molecular complexity index is 802. The Morgan fingerprint density at radius 1 is 1.16 bits per heavy atom. The molecule has 1 aromatic carbocycles. The second-order valence-electron chi connectivity index (χ2n) is 6.50. The largest absolute Gasteiger partial charge is 0.473 e. The number of fused-ring (bicyclic) bond motifs is 1. The number of hydrogen-bond acceptors (Lipinski definition) is 5. The van der Waals surface area contributed by atoms with E-state index in [0.29, 0.717) is 31.8 Å². The number of likely N-dealkylation sites (tertiary alicyclic amines) is 1. The summed E-state index contributed by atoms with van der Waals surface area (Å²) in [6.45, 7) is 1.27. The van der Waals surface area contributed by atoms with Gasteiger partial charge in [0.15, 0.2) is 0 Å². The lowest BCUT2D eigenvalue weighted by molar-refractivity contribution is -0.136. The third-order valence-electron chi connectivity index (χ3n) is 4.76. The fourth-order valence-corrected chi connectivity index (χ4v) is 3.38. The van der Waals surface area contributed by atoms with Crippen molar-refractivity contribution < 1.29 is 14.3 Å². The van der Waals surface area contributed by atoms with Gasteiger partial charge in [-0.15, -0.1) is 0 Å². The van der Waals surface area contributed by atoms with E-state index in [1.54, 1.807) is 6.20 Å². The van der Waals surface area contributed by atoms with Gasteiger partial charge in [-0.25, -0.2) is 9.97 Å². The second kappa shape index (κ2) is 6.66. The second-order valence-corrected chi connectivity index (χ2v) is 6.50. The molecule has 1 N–H and O–H groups in total. The van der Waals surface area contributed by atoms with Crippen LogP contribution in [-0.2, 0) is 9.59 Å². The van der Waals surface area contributed by atoms with Crippen LogP contribution in [0.4, 0.5) is 0 Å². The van der Waals surface area contributed by atoms with Crippen molar-refractivity contribution in [1.29, 1.82) is 0 Å². The van der Waals surface area contributed by atoms with Crippen molar-refractivity contribution in [1.82, 2.24) is 20.2 Å². The first kappa shape index (κ1) is 15.8. The summed E-state index contributed by atoms with van der Waals surface area (Å²) < 4.78 is 5.95. The summed E-state index contributed by atoms with van der Waals surface area (Å²) in [5.41, 5.74) is 1.65. The number of benzene rings is 1. The van der Waals surface area contributed by atoms with Crippen molar-refractivity contribution in [3.8, 4) is 5.88 Å². The molecule has 4 rings (SSSR count). The number of amides is 2. The zero-order valence-electron chi connectivity index (χ0n) is 13.9. The van der Waals surface area contributed by atoms with Gasteiger partial charge in [-0.3, -0.25) is 9.59 Å². The number of aromatic nitrogens is 2. The predicted molar refractivity (Wildman–Crippen MR) is 90.9 cm³/mol. The molecule has 3 heterocycles. The van der Waals surface area contributed by atoms with Gasteiger partial charge in [0.1, 0.15) is 12.1 Å². The zero-order valence-corrected chi connectivity index (χ0v) is 13.9. The Morgan fingerprint density at radius 2 is 1.92 bits per heavy atom. The van der Waals surface area contributed by atoms with Crippen LogP contribution in [0.15, 0.2) is 30.5 Å². The minimum Gasteiger partial charge on any atom is -0.473 e. The summed E-state index contributed by atoms with van der Waals surface area (Å²) in [6.07, 6.45) is 4.21. The van der Waals surface area contributed by atoms with E-state index in [1.807, 2.05) is 29.2 Å². The first-order valence-corrected chi connectivity index (χ1v) is 8.65. The average Bonchev–Trinajstić information content (AvgIpc) is 3.08. The molecule has 2 aliphatic heterocycles. The fourth-order valence-electron chi connectivity index (χ4n) is 3.38. The number of hydrogen-bond donors (Lipinski definition) is 1. The highest BCUT2D eigenvalue weighted by molar-refractivity contribution is 5.90. The number of para-hydroxylation sites is 2. The molecule has 1 atom stereocenters. The molecule has 0 aliphatic carbocycles. The van der Waals surface area contributed by atoms with E-state index < -0.39 is 0 Å². The first-order valence-electron chi connectivity index (χ1n) is 8.65. The Balaban J connectivity index is 1.33. The predicted octanol–water partition coefficient (Wildman–Crippen LogP) is 1.28. The van der Waals surface area contributed by atoms with E-state index in [2.05, 4.69) is 15.3 Å². The van der Waals surface area contributed by atoms with Gasteiger partial charge in [0.2, 0.25) is 17.7 Å². The van der Waals surface area contributed by atoms with Crippen molar-refractivity contribution in [3.05, 3.63) is 30.5 Å². The number of nitrogens with zero attached hydrogens (tertiary/aromatic N) is 3. The minimum absolute atomic E-state index is 0.0230. The number of ether oxygens (including phenoxy) is 1. The number of piperidine rings is 1. The third-order valence-corrected chi connectivity index (χ3v) is 4.76. The molecule has 25 heavy (non-hydrogen) atoms. The molecule has 2 saturated heterocycles. The van der Waals surface area contributed by atoms with Gasteiger partial charge in [-0.05, 0) is 18.6 Å². The molecule has 0 spiro atoms. The Kier molecular flexibility index (Phi) is 4.21. The van der Waals surface area contributed by atoms with E-state index in [1.165, 1.54) is 0 Å². The standard InChI is InChI=1S/C18H20N4O3/c23-16-6-5-15(20-16)18(24)22-9-7-12(8-10-22)25-17-11-19-13-3-1-2-4-14(13)21-17/h1-4,11-12,15H,5-10H2,(H,20,23). The van der Waals surface area contributed by atoms with Crippen LogP contribution < -0.4 is 10.1 Å². The lowest BCUT2D eigenvalue weighted by atomic mass is 10.1. The van der Waals surface area contributed by atoms with E-state index in [-0.39, 0.29) is 24.0 Å². The summed E-state index contributed by atoms with van der Waals surface area (Å²) >= 11 is 0. The van der Waals surface area contributed by atoms with Crippen molar-refractivity contribution in [2.45, 2.75) is 37.8 Å². The highest BCUT2D eigenvalue weighted by Crippen LogP contribution is 2.20. The lowest BCUT2D eigenvalue weighted by Gasteiger charge is -2.33. The maximum atomic E-state index is 12.4. The zero-order chi connectivity index (χ0) is 17.2.